The first-order valence-corrected chi connectivity index (χ1v) is 11.3. The molecule has 1 heterocycles. The van der Waals surface area contributed by atoms with Crippen molar-refractivity contribution in [2.24, 2.45) is 5.73 Å². The number of aromatic nitrogens is 1. The average Bonchev–Trinajstić information content (AvgIpc) is 3.23. The number of aliphatic carboxylic acids is 3. The van der Waals surface area contributed by atoms with E-state index >= 15 is 0 Å². The van der Waals surface area contributed by atoms with E-state index in [0.29, 0.717) is 0 Å². The Morgan fingerprint density at radius 2 is 1.51 bits per heavy atom. The number of hydrogen-bond donors (Lipinski definition) is 8. The highest BCUT2D eigenvalue weighted by Gasteiger charge is 2.31. The highest BCUT2D eigenvalue weighted by Crippen LogP contribution is 2.18. The van der Waals surface area contributed by atoms with Crippen LogP contribution >= 0.6 is 0 Å². The minimum Gasteiger partial charge on any atom is -0.481 e. The average molecular weight is 520 g/mol. The van der Waals surface area contributed by atoms with Gasteiger partial charge in [-0.1, -0.05) is 18.2 Å². The molecule has 0 aliphatic heterocycles. The Hall–Kier alpha value is -4.46. The van der Waals surface area contributed by atoms with Crippen LogP contribution in [0.15, 0.2) is 30.5 Å². The highest BCUT2D eigenvalue weighted by molar-refractivity contribution is 5.96. The van der Waals surface area contributed by atoms with Gasteiger partial charge in [-0.15, -0.1) is 0 Å². The van der Waals surface area contributed by atoms with Crippen LogP contribution < -0.4 is 21.7 Å². The first-order valence-electron chi connectivity index (χ1n) is 11.3. The maximum atomic E-state index is 12.8. The first kappa shape index (κ1) is 28.8. The number of carboxylic acids is 3. The molecule has 0 saturated heterocycles. The maximum absolute atomic E-state index is 12.8. The van der Waals surface area contributed by atoms with Crippen LogP contribution in [0.4, 0.5) is 0 Å². The normalized spacial score (nSPS) is 14.1. The molecular weight excluding hydrogens is 490 g/mol. The van der Waals surface area contributed by atoms with Crippen molar-refractivity contribution >= 4 is 46.5 Å². The van der Waals surface area contributed by atoms with E-state index in [9.17, 15) is 33.9 Å². The Morgan fingerprint density at radius 3 is 2.14 bits per heavy atom. The molecule has 3 amide bonds. The van der Waals surface area contributed by atoms with Crippen LogP contribution in [0.2, 0.25) is 0 Å². The van der Waals surface area contributed by atoms with E-state index in [0.717, 1.165) is 16.5 Å². The van der Waals surface area contributed by atoms with Crippen molar-refractivity contribution in [2.75, 3.05) is 0 Å². The number of amides is 3. The lowest BCUT2D eigenvalue weighted by molar-refractivity contribution is -0.143. The second kappa shape index (κ2) is 13.0. The summed E-state index contributed by atoms with van der Waals surface area (Å²) in [6.07, 6.45) is -0.0501. The molecule has 14 nitrogen and oxygen atoms in total. The number of H-pyrrole nitrogens is 1. The van der Waals surface area contributed by atoms with E-state index in [-0.39, 0.29) is 6.42 Å². The molecule has 0 aliphatic rings. The predicted octanol–water partition coefficient (Wildman–Crippen LogP) is -1.06. The second-order valence-corrected chi connectivity index (χ2v) is 8.39. The number of carbonyl (C=O) groups is 6. The molecule has 0 bridgehead atoms. The molecule has 0 saturated carbocycles. The summed E-state index contributed by atoms with van der Waals surface area (Å²) < 4.78 is 0. The summed E-state index contributed by atoms with van der Waals surface area (Å²) in [6.45, 7) is 1.17. The molecule has 2 aromatic rings. The summed E-state index contributed by atoms with van der Waals surface area (Å²) in [7, 11) is 0. The molecular formula is C23H29N5O9. The fourth-order valence-corrected chi connectivity index (χ4v) is 3.48. The van der Waals surface area contributed by atoms with Gasteiger partial charge in [-0.25, -0.2) is 0 Å². The molecule has 0 fully saturated rings. The highest BCUT2D eigenvalue weighted by atomic mass is 16.4. The standard InChI is InChI=1S/C23H29N5O9/c1-11(23(36)37)26-21(34)16(6-7-18(29)30)27-22(35)17(9-19(31)32)28-20(33)14(24)8-12-10-25-15-5-3-2-4-13(12)15/h2-5,10-11,14,16-17,25H,6-9,24H2,1H3,(H,26,34)(H,27,35)(H,28,33)(H,29,30)(H,31,32)(H,36,37). The molecule has 0 aliphatic carbocycles. The van der Waals surface area contributed by atoms with E-state index in [1.165, 1.54) is 6.92 Å². The summed E-state index contributed by atoms with van der Waals surface area (Å²) in [5.41, 5.74) is 7.56. The molecule has 200 valence electrons. The lowest BCUT2D eigenvalue weighted by Gasteiger charge is -2.24. The van der Waals surface area contributed by atoms with Crippen molar-refractivity contribution in [3.05, 3.63) is 36.0 Å². The molecule has 4 atom stereocenters. The second-order valence-electron chi connectivity index (χ2n) is 8.39. The SMILES string of the molecule is CC(NC(=O)C(CCC(=O)O)NC(=O)C(CC(=O)O)NC(=O)C(N)Cc1c[nH]c2ccccc12)C(=O)O. The maximum Gasteiger partial charge on any atom is 0.325 e. The van der Waals surface area contributed by atoms with Gasteiger partial charge in [0.2, 0.25) is 17.7 Å². The number of fused-ring (bicyclic) bond motifs is 1. The number of aromatic amines is 1. The van der Waals surface area contributed by atoms with Crippen LogP contribution in [0.3, 0.4) is 0 Å². The van der Waals surface area contributed by atoms with Crippen molar-refractivity contribution in [1.29, 1.82) is 0 Å². The molecule has 0 radical (unpaired) electrons. The lowest BCUT2D eigenvalue weighted by atomic mass is 10.0. The fraction of sp³-hybridized carbons (Fsp3) is 0.391. The number of rotatable bonds is 14. The quantitative estimate of drug-likeness (QED) is 0.150. The number of hydrogen-bond acceptors (Lipinski definition) is 7. The zero-order valence-corrected chi connectivity index (χ0v) is 19.9. The summed E-state index contributed by atoms with van der Waals surface area (Å²) in [5, 5.41) is 34.6. The Labute approximate surface area is 210 Å². The van der Waals surface area contributed by atoms with Crippen LogP contribution in [0.25, 0.3) is 10.9 Å². The third-order valence-corrected chi connectivity index (χ3v) is 5.47. The van der Waals surface area contributed by atoms with E-state index in [1.807, 2.05) is 24.3 Å². The number of benzene rings is 1. The van der Waals surface area contributed by atoms with Crippen LogP contribution in [0.5, 0.6) is 0 Å². The minimum absolute atomic E-state index is 0.0774. The van der Waals surface area contributed by atoms with Crippen molar-refractivity contribution in [3.63, 3.8) is 0 Å². The Kier molecular flexibility index (Phi) is 10.1. The number of para-hydroxylation sites is 1. The van der Waals surface area contributed by atoms with Gasteiger partial charge in [-0.2, -0.15) is 0 Å². The third kappa shape index (κ3) is 8.61. The van der Waals surface area contributed by atoms with E-state index in [1.54, 1.807) is 6.20 Å². The zero-order valence-electron chi connectivity index (χ0n) is 19.9. The van der Waals surface area contributed by atoms with E-state index < -0.39 is 79.1 Å². The van der Waals surface area contributed by atoms with Gasteiger partial charge in [0.05, 0.1) is 12.5 Å². The molecule has 9 N–H and O–H groups in total. The number of carboxylic acid groups (broad SMARTS) is 3. The zero-order chi connectivity index (χ0) is 27.7. The van der Waals surface area contributed by atoms with Gasteiger partial charge in [0.15, 0.2) is 0 Å². The van der Waals surface area contributed by atoms with Crippen LogP contribution in [-0.2, 0) is 35.2 Å². The Bertz CT molecular complexity index is 1180. The van der Waals surface area contributed by atoms with Crippen molar-refractivity contribution in [3.8, 4) is 0 Å². The van der Waals surface area contributed by atoms with Crippen molar-refractivity contribution < 1.29 is 44.1 Å². The molecule has 1 aromatic carbocycles. The van der Waals surface area contributed by atoms with Gasteiger partial charge in [0, 0.05) is 23.5 Å². The predicted molar refractivity (Wildman–Crippen MR) is 128 cm³/mol. The minimum atomic E-state index is -1.64. The van der Waals surface area contributed by atoms with Gasteiger partial charge in [-0.3, -0.25) is 28.8 Å². The fourth-order valence-electron chi connectivity index (χ4n) is 3.48. The van der Waals surface area contributed by atoms with Gasteiger partial charge in [0.25, 0.3) is 0 Å². The molecule has 37 heavy (non-hydrogen) atoms. The smallest absolute Gasteiger partial charge is 0.325 e. The number of nitrogens with one attached hydrogen (secondary N) is 4. The largest absolute Gasteiger partial charge is 0.481 e. The molecule has 2 rings (SSSR count). The van der Waals surface area contributed by atoms with Gasteiger partial charge < -0.3 is 42.0 Å². The summed E-state index contributed by atoms with van der Waals surface area (Å²) >= 11 is 0. The number of carbonyl (C=O) groups excluding carboxylic acids is 3. The van der Waals surface area contributed by atoms with Crippen LogP contribution in [0, 0.1) is 0 Å². The van der Waals surface area contributed by atoms with Gasteiger partial charge in [0.1, 0.15) is 18.1 Å². The molecule has 0 spiro atoms. The topological polar surface area (TPSA) is 241 Å². The van der Waals surface area contributed by atoms with Gasteiger partial charge >= 0.3 is 17.9 Å². The van der Waals surface area contributed by atoms with Crippen LogP contribution in [0.1, 0.15) is 31.7 Å². The number of nitrogens with two attached hydrogens (primary N) is 1. The van der Waals surface area contributed by atoms with Crippen molar-refractivity contribution in [2.45, 2.75) is 56.8 Å². The Balaban J connectivity index is 2.12. The first-order chi connectivity index (χ1) is 17.4. The molecule has 14 heteroatoms. The summed E-state index contributed by atoms with van der Waals surface area (Å²) in [6, 6.07) is 1.68. The molecule has 4 unspecified atom stereocenters. The van der Waals surface area contributed by atoms with Crippen molar-refractivity contribution in [1.82, 2.24) is 20.9 Å². The van der Waals surface area contributed by atoms with Crippen LogP contribution in [-0.4, -0.2) is 80.1 Å². The van der Waals surface area contributed by atoms with E-state index in [2.05, 4.69) is 20.9 Å². The molecule has 1 aromatic heterocycles. The van der Waals surface area contributed by atoms with E-state index in [4.69, 9.17) is 15.9 Å². The summed E-state index contributed by atoms with van der Waals surface area (Å²) in [4.78, 5) is 74.4. The summed E-state index contributed by atoms with van der Waals surface area (Å²) in [5.74, 6) is -6.97. The Morgan fingerprint density at radius 1 is 0.892 bits per heavy atom. The van der Waals surface area contributed by atoms with Gasteiger partial charge in [-0.05, 0) is 31.4 Å². The third-order valence-electron chi connectivity index (χ3n) is 5.47. The monoisotopic (exact) mass is 519 g/mol. The lowest BCUT2D eigenvalue weighted by Crippen LogP contribution is -2.57.